The minimum atomic E-state index is -0.892. The van der Waals surface area contributed by atoms with Crippen LogP contribution in [0.3, 0.4) is 0 Å². The normalized spacial score (nSPS) is 11.5. The molecule has 0 radical (unpaired) electrons. The summed E-state index contributed by atoms with van der Waals surface area (Å²) in [6.45, 7) is 3.40. The molecule has 0 bridgehead atoms. The van der Waals surface area contributed by atoms with Crippen molar-refractivity contribution in [3.8, 4) is 5.75 Å². The van der Waals surface area contributed by atoms with Gasteiger partial charge in [0.05, 0.1) is 7.11 Å². The van der Waals surface area contributed by atoms with E-state index in [9.17, 15) is 9.59 Å². The van der Waals surface area contributed by atoms with E-state index >= 15 is 0 Å². The predicted molar refractivity (Wildman–Crippen MR) is 102 cm³/mol. The van der Waals surface area contributed by atoms with Gasteiger partial charge in [-0.3, -0.25) is 9.59 Å². The van der Waals surface area contributed by atoms with Crippen molar-refractivity contribution in [2.75, 3.05) is 12.4 Å². The number of amides is 1. The van der Waals surface area contributed by atoms with E-state index in [1.165, 1.54) is 0 Å². The fraction of sp³-hybridized carbons (Fsp3) is 0.300. The van der Waals surface area contributed by atoms with Crippen LogP contribution in [0.5, 0.6) is 5.75 Å². The maximum Gasteiger partial charge on any atom is 0.306 e. The zero-order valence-corrected chi connectivity index (χ0v) is 15.8. The Balaban J connectivity index is 1.83. The first-order valence-electron chi connectivity index (χ1n) is 8.28. The summed E-state index contributed by atoms with van der Waals surface area (Å²) in [5, 5.41) is 3.25. The van der Waals surface area contributed by atoms with Crippen LogP contribution in [0.25, 0.3) is 0 Å². The predicted octanol–water partition coefficient (Wildman–Crippen LogP) is 4.16. The van der Waals surface area contributed by atoms with Crippen molar-refractivity contribution >= 4 is 29.2 Å². The van der Waals surface area contributed by atoms with Gasteiger partial charge in [-0.1, -0.05) is 29.8 Å². The van der Waals surface area contributed by atoms with Crippen molar-refractivity contribution in [3.63, 3.8) is 0 Å². The number of halogens is 1. The molecule has 0 unspecified atom stereocenters. The van der Waals surface area contributed by atoms with E-state index in [1.54, 1.807) is 26.2 Å². The Morgan fingerprint density at radius 3 is 2.50 bits per heavy atom. The molecule has 1 N–H and O–H groups in total. The van der Waals surface area contributed by atoms with Gasteiger partial charge in [0.2, 0.25) is 0 Å². The first-order valence-corrected chi connectivity index (χ1v) is 8.66. The molecule has 0 saturated heterocycles. The summed E-state index contributed by atoms with van der Waals surface area (Å²) in [6.07, 6.45) is -0.165. The van der Waals surface area contributed by atoms with Gasteiger partial charge in [-0.05, 0) is 55.7 Å². The van der Waals surface area contributed by atoms with Gasteiger partial charge >= 0.3 is 5.97 Å². The molecule has 138 valence electrons. The number of hydrogen-bond acceptors (Lipinski definition) is 4. The molecule has 2 aromatic carbocycles. The third-order valence-electron chi connectivity index (χ3n) is 3.91. The molecule has 0 fully saturated rings. The Bertz CT molecular complexity index is 774. The molecule has 0 saturated carbocycles. The molecule has 0 aliphatic carbocycles. The van der Waals surface area contributed by atoms with E-state index in [0.29, 0.717) is 17.1 Å². The van der Waals surface area contributed by atoms with Crippen molar-refractivity contribution in [1.29, 1.82) is 0 Å². The fourth-order valence-corrected chi connectivity index (χ4v) is 2.48. The second-order valence-corrected chi connectivity index (χ2v) is 6.37. The van der Waals surface area contributed by atoms with Crippen molar-refractivity contribution < 1.29 is 19.1 Å². The second kappa shape index (κ2) is 9.25. The van der Waals surface area contributed by atoms with Crippen LogP contribution in [-0.2, 0) is 20.7 Å². The van der Waals surface area contributed by atoms with Crippen LogP contribution in [0.15, 0.2) is 42.5 Å². The Kier molecular flexibility index (Phi) is 7.04. The maximum absolute atomic E-state index is 12.2. The van der Waals surface area contributed by atoms with E-state index in [1.807, 2.05) is 37.3 Å². The molecule has 1 amide bonds. The number of benzene rings is 2. The van der Waals surface area contributed by atoms with Gasteiger partial charge < -0.3 is 14.8 Å². The van der Waals surface area contributed by atoms with Gasteiger partial charge in [0.25, 0.3) is 5.91 Å². The topological polar surface area (TPSA) is 64.6 Å². The lowest BCUT2D eigenvalue weighted by atomic mass is 10.1. The summed E-state index contributed by atoms with van der Waals surface area (Å²) < 4.78 is 10.3. The van der Waals surface area contributed by atoms with Crippen molar-refractivity contribution in [3.05, 3.63) is 58.6 Å². The molecule has 0 aromatic heterocycles. The number of carbonyl (C=O) groups excluding carboxylic acids is 2. The lowest BCUT2D eigenvalue weighted by Gasteiger charge is -2.15. The molecule has 0 aliphatic rings. The summed E-state index contributed by atoms with van der Waals surface area (Å²) in [5.41, 5.74) is 2.47. The summed E-state index contributed by atoms with van der Waals surface area (Å²) in [4.78, 5) is 24.2. The van der Waals surface area contributed by atoms with E-state index in [-0.39, 0.29) is 6.42 Å². The highest BCUT2D eigenvalue weighted by atomic mass is 35.5. The fourth-order valence-electron chi connectivity index (χ4n) is 2.31. The minimum Gasteiger partial charge on any atom is -0.497 e. The van der Waals surface area contributed by atoms with Crippen LogP contribution in [0.1, 0.15) is 24.5 Å². The Labute approximate surface area is 158 Å². The number of hydrogen-bond donors (Lipinski definition) is 1. The van der Waals surface area contributed by atoms with E-state index in [4.69, 9.17) is 21.1 Å². The Morgan fingerprint density at radius 2 is 1.85 bits per heavy atom. The first kappa shape index (κ1) is 19.8. The van der Waals surface area contributed by atoms with Gasteiger partial charge in [-0.25, -0.2) is 0 Å². The van der Waals surface area contributed by atoms with E-state index in [0.717, 1.165) is 16.9 Å². The highest BCUT2D eigenvalue weighted by molar-refractivity contribution is 6.31. The smallest absolute Gasteiger partial charge is 0.306 e. The molecular weight excluding hydrogens is 354 g/mol. The first-order chi connectivity index (χ1) is 12.4. The summed E-state index contributed by atoms with van der Waals surface area (Å²) >= 11 is 5.94. The van der Waals surface area contributed by atoms with E-state index < -0.39 is 18.0 Å². The van der Waals surface area contributed by atoms with Crippen LogP contribution in [0.2, 0.25) is 5.02 Å². The molecule has 5 nitrogen and oxygen atoms in total. The molecule has 6 heteroatoms. The third kappa shape index (κ3) is 5.77. The summed E-state index contributed by atoms with van der Waals surface area (Å²) in [7, 11) is 1.60. The number of methoxy groups -OCH3 is 1. The third-order valence-corrected chi connectivity index (χ3v) is 4.15. The SMILES string of the molecule is COc1ccc(CCC(=O)O[C@@H](C)C(=O)Nc2cc(Cl)ccc2C)cc1. The standard InChI is InChI=1S/C20H22ClNO4/c1-13-4-8-16(21)12-18(13)22-20(24)14(2)26-19(23)11-7-15-5-9-17(25-3)10-6-15/h4-6,8-10,12,14H,7,11H2,1-3H3,(H,22,24)/t14-/m0/s1. The number of nitrogens with one attached hydrogen (secondary N) is 1. The van der Waals surface area contributed by atoms with Crippen molar-refractivity contribution in [2.45, 2.75) is 32.8 Å². The van der Waals surface area contributed by atoms with Crippen LogP contribution in [-0.4, -0.2) is 25.1 Å². The number of esters is 1. The number of anilines is 1. The molecule has 26 heavy (non-hydrogen) atoms. The number of carbonyl (C=O) groups is 2. The van der Waals surface area contributed by atoms with Crippen LogP contribution in [0, 0.1) is 6.92 Å². The number of ether oxygens (including phenoxy) is 2. The number of aryl methyl sites for hydroxylation is 2. The van der Waals surface area contributed by atoms with Crippen molar-refractivity contribution in [2.24, 2.45) is 0 Å². The quantitative estimate of drug-likeness (QED) is 0.738. The molecule has 0 heterocycles. The lowest BCUT2D eigenvalue weighted by Crippen LogP contribution is -2.30. The Hall–Kier alpha value is -2.53. The van der Waals surface area contributed by atoms with Gasteiger partial charge in [0.15, 0.2) is 6.10 Å². The van der Waals surface area contributed by atoms with Gasteiger partial charge in [-0.15, -0.1) is 0 Å². The van der Waals surface area contributed by atoms with Crippen LogP contribution < -0.4 is 10.1 Å². The lowest BCUT2D eigenvalue weighted by molar-refractivity contribution is -0.153. The molecular formula is C20H22ClNO4. The van der Waals surface area contributed by atoms with Gasteiger partial charge in [0.1, 0.15) is 5.75 Å². The molecule has 0 spiro atoms. The summed E-state index contributed by atoms with van der Waals surface area (Å²) in [5.74, 6) is -0.0580. The minimum absolute atomic E-state index is 0.195. The Morgan fingerprint density at radius 1 is 1.15 bits per heavy atom. The van der Waals surface area contributed by atoms with Crippen molar-refractivity contribution in [1.82, 2.24) is 0 Å². The highest BCUT2D eigenvalue weighted by Crippen LogP contribution is 2.20. The average Bonchev–Trinajstić information content (AvgIpc) is 2.63. The van der Waals surface area contributed by atoms with Gasteiger partial charge in [0, 0.05) is 17.1 Å². The average molecular weight is 376 g/mol. The highest BCUT2D eigenvalue weighted by Gasteiger charge is 2.18. The summed E-state index contributed by atoms with van der Waals surface area (Å²) in [6, 6.07) is 12.7. The van der Waals surface area contributed by atoms with Gasteiger partial charge in [-0.2, -0.15) is 0 Å². The number of rotatable bonds is 7. The maximum atomic E-state index is 12.2. The van der Waals surface area contributed by atoms with E-state index in [2.05, 4.69) is 5.32 Å². The zero-order valence-electron chi connectivity index (χ0n) is 15.0. The largest absolute Gasteiger partial charge is 0.497 e. The molecule has 2 aromatic rings. The second-order valence-electron chi connectivity index (χ2n) is 5.93. The molecule has 0 aliphatic heterocycles. The van der Waals surface area contributed by atoms with Crippen LogP contribution >= 0.6 is 11.6 Å². The zero-order chi connectivity index (χ0) is 19.1. The van der Waals surface area contributed by atoms with Crippen LogP contribution in [0.4, 0.5) is 5.69 Å². The molecule has 2 rings (SSSR count). The molecule has 1 atom stereocenters. The monoisotopic (exact) mass is 375 g/mol.